The van der Waals surface area contributed by atoms with Gasteiger partial charge in [0.25, 0.3) is 0 Å². The van der Waals surface area contributed by atoms with Crippen LogP contribution in [0.5, 0.6) is 0 Å². The molecule has 0 amide bonds. The first-order valence-corrected chi connectivity index (χ1v) is 7.65. The van der Waals surface area contributed by atoms with Crippen molar-refractivity contribution >= 4 is 33.7 Å². The Bertz CT molecular complexity index is 763. The molecule has 21 heavy (non-hydrogen) atoms. The van der Waals surface area contributed by atoms with Crippen molar-refractivity contribution in [3.05, 3.63) is 46.9 Å². The molecule has 9 heteroatoms. The van der Waals surface area contributed by atoms with E-state index in [1.807, 2.05) is 0 Å². The lowest BCUT2D eigenvalue weighted by Gasteiger charge is -2.08. The van der Waals surface area contributed by atoms with Crippen LogP contribution in [0.3, 0.4) is 0 Å². The van der Waals surface area contributed by atoms with E-state index in [2.05, 4.69) is 15.3 Å². The third-order valence-electron chi connectivity index (χ3n) is 2.66. The Morgan fingerprint density at radius 2 is 1.90 bits per heavy atom. The summed E-state index contributed by atoms with van der Waals surface area (Å²) in [5.41, 5.74) is 0.953. The maximum absolute atomic E-state index is 11.1. The number of rotatable bonds is 5. The Morgan fingerprint density at radius 3 is 2.48 bits per heavy atom. The molecule has 7 nitrogen and oxygen atoms in total. The number of aromatic nitrogens is 2. The second-order valence-corrected chi connectivity index (χ2v) is 6.01. The molecule has 0 saturated heterocycles. The van der Waals surface area contributed by atoms with Crippen molar-refractivity contribution < 1.29 is 13.2 Å². The molecule has 2 rings (SSSR count). The average Bonchev–Trinajstić information content (AvgIpc) is 2.44. The van der Waals surface area contributed by atoms with Gasteiger partial charge in [-0.1, -0.05) is 23.7 Å². The Morgan fingerprint density at radius 1 is 1.24 bits per heavy atom. The molecule has 0 atom stereocenters. The van der Waals surface area contributed by atoms with Gasteiger partial charge < -0.3 is 5.32 Å². The topological polar surface area (TPSA) is 115 Å². The van der Waals surface area contributed by atoms with Crippen LogP contribution in [-0.2, 0) is 16.6 Å². The predicted molar refractivity (Wildman–Crippen MR) is 77.6 cm³/mol. The fraction of sp³-hybridized carbons (Fsp3) is 0.0833. The van der Waals surface area contributed by atoms with Gasteiger partial charge in [0.15, 0.2) is 6.29 Å². The third kappa shape index (κ3) is 3.75. The molecule has 0 aliphatic carbocycles. The summed E-state index contributed by atoms with van der Waals surface area (Å²) in [7, 11) is -3.71. The second-order valence-electron chi connectivity index (χ2n) is 4.09. The zero-order valence-corrected chi connectivity index (χ0v) is 12.2. The van der Waals surface area contributed by atoms with Gasteiger partial charge >= 0.3 is 0 Å². The third-order valence-corrected chi connectivity index (χ3v) is 3.90. The number of nitrogens with two attached hydrogens (primary N) is 1. The summed E-state index contributed by atoms with van der Waals surface area (Å²) < 4.78 is 22.3. The summed E-state index contributed by atoms with van der Waals surface area (Å²) in [5.74, 6) is 0.306. The standard InChI is InChI=1S/C12H11ClN4O3S/c13-11-10(6-18)12(17-7-16-11)15-5-8-1-3-9(4-2-8)21(14,19)20/h1-4,6-7H,5H2,(H2,14,19,20)(H,15,16,17). The maximum Gasteiger partial charge on any atom is 0.238 e. The number of carbonyl (C=O) groups excluding carboxylic acids is 1. The number of halogens is 1. The fourth-order valence-electron chi connectivity index (χ4n) is 1.60. The molecule has 0 radical (unpaired) electrons. The zero-order chi connectivity index (χ0) is 15.5. The Kier molecular flexibility index (Phi) is 4.51. The summed E-state index contributed by atoms with van der Waals surface area (Å²) in [5, 5.41) is 8.01. The number of nitrogens with one attached hydrogen (secondary N) is 1. The summed E-state index contributed by atoms with van der Waals surface area (Å²) >= 11 is 5.78. The summed E-state index contributed by atoms with van der Waals surface area (Å²) in [4.78, 5) is 18.6. The van der Waals surface area contributed by atoms with Crippen molar-refractivity contribution in [1.82, 2.24) is 9.97 Å². The van der Waals surface area contributed by atoms with Crippen molar-refractivity contribution in [2.24, 2.45) is 5.14 Å². The average molecular weight is 327 g/mol. The summed E-state index contributed by atoms with van der Waals surface area (Å²) in [6.07, 6.45) is 1.80. The van der Waals surface area contributed by atoms with Gasteiger partial charge in [-0.25, -0.2) is 23.5 Å². The first kappa shape index (κ1) is 15.4. The van der Waals surface area contributed by atoms with Crippen LogP contribution in [0.1, 0.15) is 15.9 Å². The van der Waals surface area contributed by atoms with Crippen molar-refractivity contribution in [3.8, 4) is 0 Å². The highest BCUT2D eigenvalue weighted by molar-refractivity contribution is 7.89. The lowest BCUT2D eigenvalue weighted by atomic mass is 10.2. The summed E-state index contributed by atoms with van der Waals surface area (Å²) in [6.45, 7) is 0.332. The number of primary sulfonamides is 1. The van der Waals surface area contributed by atoms with Gasteiger partial charge in [-0.2, -0.15) is 0 Å². The van der Waals surface area contributed by atoms with Crippen molar-refractivity contribution in [2.45, 2.75) is 11.4 Å². The van der Waals surface area contributed by atoms with Gasteiger partial charge in [0, 0.05) is 6.54 Å². The smallest absolute Gasteiger partial charge is 0.238 e. The van der Waals surface area contributed by atoms with Crippen LogP contribution in [0, 0.1) is 0 Å². The van der Waals surface area contributed by atoms with Crippen LogP contribution in [0.4, 0.5) is 5.82 Å². The molecule has 3 N–H and O–H groups in total. The van der Waals surface area contributed by atoms with E-state index in [0.29, 0.717) is 18.6 Å². The SMILES string of the molecule is NS(=O)(=O)c1ccc(CNc2ncnc(Cl)c2C=O)cc1. The minimum atomic E-state index is -3.71. The monoisotopic (exact) mass is 326 g/mol. The van der Waals surface area contributed by atoms with Gasteiger partial charge in [-0.05, 0) is 17.7 Å². The van der Waals surface area contributed by atoms with Crippen LogP contribution in [-0.4, -0.2) is 24.7 Å². The number of carbonyl (C=O) groups is 1. The van der Waals surface area contributed by atoms with Crippen LogP contribution in [0.2, 0.25) is 5.15 Å². The highest BCUT2D eigenvalue weighted by Gasteiger charge is 2.09. The number of hydrogen-bond acceptors (Lipinski definition) is 6. The first-order chi connectivity index (χ1) is 9.91. The molecule has 1 aromatic carbocycles. The van der Waals surface area contributed by atoms with Gasteiger partial charge in [0.2, 0.25) is 10.0 Å². The fourth-order valence-corrected chi connectivity index (χ4v) is 2.30. The Balaban J connectivity index is 2.14. The second kappa shape index (κ2) is 6.17. The van der Waals surface area contributed by atoms with E-state index in [0.717, 1.165) is 5.56 Å². The molecule has 0 aliphatic rings. The number of aldehydes is 1. The van der Waals surface area contributed by atoms with E-state index in [1.54, 1.807) is 12.1 Å². The molecule has 0 unspecified atom stereocenters. The maximum atomic E-state index is 11.1. The predicted octanol–water partition coefficient (Wildman–Crippen LogP) is 1.20. The van der Waals surface area contributed by atoms with E-state index in [9.17, 15) is 13.2 Å². The number of nitrogens with zero attached hydrogens (tertiary/aromatic N) is 2. The highest BCUT2D eigenvalue weighted by Crippen LogP contribution is 2.18. The molecule has 0 fully saturated rings. The molecule has 0 aliphatic heterocycles. The van der Waals surface area contributed by atoms with Gasteiger partial charge in [0.05, 0.1) is 10.5 Å². The van der Waals surface area contributed by atoms with Gasteiger partial charge in [0.1, 0.15) is 17.3 Å². The van der Waals surface area contributed by atoms with E-state index < -0.39 is 10.0 Å². The summed E-state index contributed by atoms with van der Waals surface area (Å²) in [6, 6.07) is 6.02. The van der Waals surface area contributed by atoms with Gasteiger partial charge in [-0.3, -0.25) is 4.79 Å². The van der Waals surface area contributed by atoms with Crippen LogP contribution >= 0.6 is 11.6 Å². The van der Waals surface area contributed by atoms with Crippen molar-refractivity contribution in [2.75, 3.05) is 5.32 Å². The van der Waals surface area contributed by atoms with Crippen molar-refractivity contribution in [3.63, 3.8) is 0 Å². The Labute approximate surface area is 126 Å². The largest absolute Gasteiger partial charge is 0.365 e. The zero-order valence-electron chi connectivity index (χ0n) is 10.7. The molecule has 2 aromatic rings. The van der Waals surface area contributed by atoms with E-state index in [-0.39, 0.29) is 15.6 Å². The number of sulfonamides is 1. The highest BCUT2D eigenvalue weighted by atomic mass is 35.5. The number of anilines is 1. The molecule has 1 heterocycles. The van der Waals surface area contributed by atoms with E-state index >= 15 is 0 Å². The van der Waals surface area contributed by atoms with Crippen molar-refractivity contribution in [1.29, 1.82) is 0 Å². The lowest BCUT2D eigenvalue weighted by Crippen LogP contribution is -2.12. The lowest BCUT2D eigenvalue weighted by molar-refractivity contribution is 0.112. The number of hydrogen-bond donors (Lipinski definition) is 2. The molecular formula is C12H11ClN4O3S. The first-order valence-electron chi connectivity index (χ1n) is 5.73. The van der Waals surface area contributed by atoms with E-state index in [4.69, 9.17) is 16.7 Å². The molecular weight excluding hydrogens is 316 g/mol. The molecule has 110 valence electrons. The molecule has 1 aromatic heterocycles. The van der Waals surface area contributed by atoms with Crippen LogP contribution in [0.15, 0.2) is 35.5 Å². The van der Waals surface area contributed by atoms with E-state index in [1.165, 1.54) is 18.5 Å². The quantitative estimate of drug-likeness (QED) is 0.630. The normalized spacial score (nSPS) is 11.1. The van der Waals surface area contributed by atoms with Gasteiger partial charge in [-0.15, -0.1) is 0 Å². The minimum Gasteiger partial charge on any atom is -0.365 e. The Hall–Kier alpha value is -2.03. The minimum absolute atomic E-state index is 0.0323. The molecule has 0 bridgehead atoms. The number of benzene rings is 1. The molecule has 0 spiro atoms. The molecule has 0 saturated carbocycles. The van der Waals surface area contributed by atoms with Crippen LogP contribution in [0.25, 0.3) is 0 Å². The van der Waals surface area contributed by atoms with Crippen LogP contribution < -0.4 is 10.5 Å².